The molecule has 1 aliphatic heterocycles. The van der Waals surface area contributed by atoms with Crippen LogP contribution in [0.3, 0.4) is 0 Å². The molecule has 0 unspecified atom stereocenters. The lowest BCUT2D eigenvalue weighted by Crippen LogP contribution is -2.32. The zero-order valence-corrected chi connectivity index (χ0v) is 10.5. The van der Waals surface area contributed by atoms with Gasteiger partial charge in [0.25, 0.3) is 5.91 Å². The molecule has 0 radical (unpaired) electrons. The van der Waals surface area contributed by atoms with Gasteiger partial charge >= 0.3 is 0 Å². The van der Waals surface area contributed by atoms with Crippen molar-refractivity contribution in [3.8, 4) is 0 Å². The minimum absolute atomic E-state index is 0.0176. The lowest BCUT2D eigenvalue weighted by Gasteiger charge is -2.28. The Hall–Kier alpha value is -1.35. The van der Waals surface area contributed by atoms with E-state index in [0.717, 1.165) is 24.4 Å². The number of hydrogen-bond acceptors (Lipinski definition) is 2. The Morgan fingerprint density at radius 2 is 2.24 bits per heavy atom. The molecule has 0 spiro atoms. The summed E-state index contributed by atoms with van der Waals surface area (Å²) in [6, 6.07) is 8.30. The van der Waals surface area contributed by atoms with E-state index in [0.29, 0.717) is 6.04 Å². The highest BCUT2D eigenvalue weighted by atomic mass is 16.1. The first-order valence-electron chi connectivity index (χ1n) is 6.26. The van der Waals surface area contributed by atoms with Crippen molar-refractivity contribution in [3.05, 3.63) is 35.4 Å². The fourth-order valence-electron chi connectivity index (χ4n) is 2.32. The molecule has 1 aromatic rings. The fourth-order valence-corrected chi connectivity index (χ4v) is 2.32. The zero-order valence-electron chi connectivity index (χ0n) is 10.5. The Morgan fingerprint density at radius 3 is 2.88 bits per heavy atom. The van der Waals surface area contributed by atoms with Gasteiger partial charge in [0.05, 0.1) is 0 Å². The summed E-state index contributed by atoms with van der Waals surface area (Å²) in [5.74, 6) is 0.740. The molecule has 2 atom stereocenters. The van der Waals surface area contributed by atoms with Gasteiger partial charge < -0.3 is 10.6 Å². The predicted octanol–water partition coefficient (Wildman–Crippen LogP) is 2.11. The number of hydrogen-bond donors (Lipinski definition) is 2. The molecule has 3 heteroatoms. The Balaban J connectivity index is 2.13. The number of carbonyl (C=O) groups is 1. The van der Waals surface area contributed by atoms with Gasteiger partial charge in [0.1, 0.15) is 0 Å². The normalized spacial score (nSPS) is 24.4. The molecule has 1 aliphatic rings. The van der Waals surface area contributed by atoms with Crippen molar-refractivity contribution in [1.82, 2.24) is 10.6 Å². The lowest BCUT2D eigenvalue weighted by atomic mass is 9.91. The summed E-state index contributed by atoms with van der Waals surface area (Å²) in [4.78, 5) is 11.6. The minimum atomic E-state index is -0.0176. The van der Waals surface area contributed by atoms with E-state index in [1.54, 1.807) is 7.05 Å². The maximum atomic E-state index is 11.6. The Labute approximate surface area is 103 Å². The monoisotopic (exact) mass is 232 g/mol. The van der Waals surface area contributed by atoms with Gasteiger partial charge in [-0.2, -0.15) is 0 Å². The van der Waals surface area contributed by atoms with Crippen molar-refractivity contribution in [2.45, 2.75) is 25.8 Å². The Bertz CT molecular complexity index is 395. The fraction of sp³-hybridized carbons (Fsp3) is 0.500. The molecule has 1 fully saturated rings. The number of rotatable bonds is 2. The van der Waals surface area contributed by atoms with Crippen LogP contribution in [0.25, 0.3) is 0 Å². The summed E-state index contributed by atoms with van der Waals surface area (Å²) in [6.07, 6.45) is 2.40. The highest BCUT2D eigenvalue weighted by Crippen LogP contribution is 2.25. The molecule has 0 aliphatic carbocycles. The first kappa shape index (κ1) is 12.1. The summed E-state index contributed by atoms with van der Waals surface area (Å²) in [7, 11) is 1.66. The molecule has 2 N–H and O–H groups in total. The van der Waals surface area contributed by atoms with Gasteiger partial charge in [0, 0.05) is 18.7 Å². The van der Waals surface area contributed by atoms with E-state index in [-0.39, 0.29) is 5.91 Å². The van der Waals surface area contributed by atoms with E-state index in [1.165, 1.54) is 12.0 Å². The topological polar surface area (TPSA) is 41.1 Å². The number of benzene rings is 1. The third-order valence-electron chi connectivity index (χ3n) is 3.44. The van der Waals surface area contributed by atoms with Crippen molar-refractivity contribution in [2.75, 3.05) is 13.6 Å². The first-order valence-corrected chi connectivity index (χ1v) is 6.26. The predicted molar refractivity (Wildman–Crippen MR) is 69.0 cm³/mol. The van der Waals surface area contributed by atoms with Gasteiger partial charge in [-0.05, 0) is 43.0 Å². The van der Waals surface area contributed by atoms with Crippen LogP contribution >= 0.6 is 0 Å². The molecule has 1 heterocycles. The molecule has 0 bridgehead atoms. The molecular formula is C14H20N2O. The van der Waals surface area contributed by atoms with Crippen molar-refractivity contribution in [2.24, 2.45) is 5.92 Å². The van der Waals surface area contributed by atoms with Crippen molar-refractivity contribution >= 4 is 5.91 Å². The average Bonchev–Trinajstić information content (AvgIpc) is 2.39. The number of amides is 1. The van der Waals surface area contributed by atoms with E-state index >= 15 is 0 Å². The second kappa shape index (κ2) is 5.32. The second-order valence-corrected chi connectivity index (χ2v) is 4.85. The van der Waals surface area contributed by atoms with E-state index in [9.17, 15) is 4.79 Å². The smallest absolute Gasteiger partial charge is 0.251 e. The lowest BCUT2D eigenvalue weighted by molar-refractivity contribution is 0.0963. The molecule has 0 saturated carbocycles. The standard InChI is InChI=1S/C14H20N2O/c1-10-6-7-13(16-9-10)11-4-3-5-12(8-11)14(17)15-2/h3-5,8,10,13,16H,6-7,9H2,1-2H3,(H,15,17)/t10-,13+/m0/s1. The number of piperidine rings is 1. The quantitative estimate of drug-likeness (QED) is 0.820. The summed E-state index contributed by atoms with van der Waals surface area (Å²) in [5.41, 5.74) is 1.96. The van der Waals surface area contributed by atoms with Crippen LogP contribution in [0.5, 0.6) is 0 Å². The SMILES string of the molecule is CNC(=O)c1cccc([C@H]2CC[C@H](C)CN2)c1. The third-order valence-corrected chi connectivity index (χ3v) is 3.44. The van der Waals surface area contributed by atoms with E-state index in [4.69, 9.17) is 0 Å². The molecule has 1 saturated heterocycles. The van der Waals surface area contributed by atoms with E-state index < -0.39 is 0 Å². The molecular weight excluding hydrogens is 212 g/mol. The van der Waals surface area contributed by atoms with Gasteiger partial charge in [0.15, 0.2) is 0 Å². The summed E-state index contributed by atoms with van der Waals surface area (Å²) in [5, 5.41) is 6.20. The highest BCUT2D eigenvalue weighted by Gasteiger charge is 2.19. The van der Waals surface area contributed by atoms with Crippen LogP contribution in [0.2, 0.25) is 0 Å². The minimum Gasteiger partial charge on any atom is -0.355 e. The van der Waals surface area contributed by atoms with Crippen LogP contribution in [0.4, 0.5) is 0 Å². The Morgan fingerprint density at radius 1 is 1.41 bits per heavy atom. The summed E-state index contributed by atoms with van der Waals surface area (Å²) < 4.78 is 0. The third kappa shape index (κ3) is 2.86. The van der Waals surface area contributed by atoms with Gasteiger partial charge in [-0.15, -0.1) is 0 Å². The van der Waals surface area contributed by atoms with Gasteiger partial charge in [-0.25, -0.2) is 0 Å². The van der Waals surface area contributed by atoms with Crippen LogP contribution in [0.15, 0.2) is 24.3 Å². The van der Waals surface area contributed by atoms with Crippen LogP contribution in [-0.2, 0) is 0 Å². The summed E-state index contributed by atoms with van der Waals surface area (Å²) in [6.45, 7) is 3.33. The maximum Gasteiger partial charge on any atom is 0.251 e. The maximum absolute atomic E-state index is 11.6. The Kier molecular flexibility index (Phi) is 3.79. The number of carbonyl (C=O) groups excluding carboxylic acids is 1. The van der Waals surface area contributed by atoms with Crippen LogP contribution < -0.4 is 10.6 Å². The van der Waals surface area contributed by atoms with Gasteiger partial charge in [0.2, 0.25) is 0 Å². The number of nitrogens with one attached hydrogen (secondary N) is 2. The van der Waals surface area contributed by atoms with Crippen molar-refractivity contribution in [3.63, 3.8) is 0 Å². The average molecular weight is 232 g/mol. The largest absolute Gasteiger partial charge is 0.355 e. The van der Waals surface area contributed by atoms with Crippen LogP contribution in [-0.4, -0.2) is 19.5 Å². The zero-order chi connectivity index (χ0) is 12.3. The van der Waals surface area contributed by atoms with E-state index in [1.807, 2.05) is 18.2 Å². The van der Waals surface area contributed by atoms with Gasteiger partial charge in [-0.3, -0.25) is 4.79 Å². The van der Waals surface area contributed by atoms with Crippen LogP contribution in [0.1, 0.15) is 41.7 Å². The second-order valence-electron chi connectivity index (χ2n) is 4.85. The molecule has 2 rings (SSSR count). The van der Waals surface area contributed by atoms with Crippen molar-refractivity contribution < 1.29 is 4.79 Å². The molecule has 1 aromatic carbocycles. The molecule has 17 heavy (non-hydrogen) atoms. The van der Waals surface area contributed by atoms with Gasteiger partial charge in [-0.1, -0.05) is 19.1 Å². The summed E-state index contributed by atoms with van der Waals surface area (Å²) >= 11 is 0. The van der Waals surface area contributed by atoms with E-state index in [2.05, 4.69) is 23.6 Å². The highest BCUT2D eigenvalue weighted by molar-refractivity contribution is 5.94. The molecule has 92 valence electrons. The molecule has 3 nitrogen and oxygen atoms in total. The van der Waals surface area contributed by atoms with Crippen LogP contribution in [0, 0.1) is 5.92 Å². The molecule has 0 aromatic heterocycles. The first-order chi connectivity index (χ1) is 8.20. The van der Waals surface area contributed by atoms with Crippen molar-refractivity contribution in [1.29, 1.82) is 0 Å². The molecule has 1 amide bonds.